The maximum atomic E-state index is 12.5. The number of amides is 1. The molecule has 1 aromatic carbocycles. The topological polar surface area (TPSA) is 86.2 Å². The first kappa shape index (κ1) is 16.4. The standard InChI is InChI=1S/C18H16N4O3/c1-24-14-4-6-17(25-2)16(7-14)22-18(23)12-3-5-15(21-10-12)13-8-19-11-20-9-13/h3-11H,1-2H3,(H,22,23). The number of rotatable bonds is 5. The van der Waals surface area contributed by atoms with Crippen LogP contribution in [0.4, 0.5) is 5.69 Å². The number of hydrogen-bond acceptors (Lipinski definition) is 6. The summed E-state index contributed by atoms with van der Waals surface area (Å²) in [5, 5.41) is 2.80. The lowest BCUT2D eigenvalue weighted by molar-refractivity contribution is 0.102. The summed E-state index contributed by atoms with van der Waals surface area (Å²) in [6.07, 6.45) is 6.28. The fourth-order valence-corrected chi connectivity index (χ4v) is 2.24. The zero-order chi connectivity index (χ0) is 17.6. The van der Waals surface area contributed by atoms with Crippen molar-refractivity contribution >= 4 is 11.6 Å². The Morgan fingerprint density at radius 3 is 2.44 bits per heavy atom. The van der Waals surface area contributed by atoms with E-state index in [-0.39, 0.29) is 5.91 Å². The van der Waals surface area contributed by atoms with Crippen LogP contribution in [-0.2, 0) is 0 Å². The molecule has 0 aliphatic heterocycles. The highest BCUT2D eigenvalue weighted by molar-refractivity contribution is 6.05. The number of hydrogen-bond donors (Lipinski definition) is 1. The van der Waals surface area contributed by atoms with E-state index in [9.17, 15) is 4.79 Å². The molecule has 0 saturated heterocycles. The molecule has 25 heavy (non-hydrogen) atoms. The maximum absolute atomic E-state index is 12.5. The van der Waals surface area contributed by atoms with E-state index in [4.69, 9.17) is 9.47 Å². The summed E-state index contributed by atoms with van der Waals surface area (Å²) in [6.45, 7) is 0. The second kappa shape index (κ2) is 7.39. The quantitative estimate of drug-likeness (QED) is 0.771. The molecule has 7 heteroatoms. The molecule has 0 fully saturated rings. The zero-order valence-corrected chi connectivity index (χ0v) is 13.8. The molecule has 2 heterocycles. The maximum Gasteiger partial charge on any atom is 0.257 e. The molecule has 0 bridgehead atoms. The molecule has 3 rings (SSSR count). The Labute approximate surface area is 144 Å². The lowest BCUT2D eigenvalue weighted by Gasteiger charge is -2.11. The van der Waals surface area contributed by atoms with E-state index in [0.29, 0.717) is 28.4 Å². The van der Waals surface area contributed by atoms with Gasteiger partial charge in [-0.3, -0.25) is 9.78 Å². The lowest BCUT2D eigenvalue weighted by Crippen LogP contribution is -2.13. The Hall–Kier alpha value is -3.48. The van der Waals surface area contributed by atoms with E-state index in [1.807, 2.05) is 0 Å². The van der Waals surface area contributed by atoms with Gasteiger partial charge in [-0.05, 0) is 24.3 Å². The minimum atomic E-state index is -0.296. The molecule has 0 aliphatic rings. The molecule has 0 unspecified atom stereocenters. The van der Waals surface area contributed by atoms with Gasteiger partial charge >= 0.3 is 0 Å². The number of pyridine rings is 1. The number of anilines is 1. The summed E-state index contributed by atoms with van der Waals surface area (Å²) in [6, 6.07) is 8.62. The molecule has 126 valence electrons. The van der Waals surface area contributed by atoms with Crippen LogP contribution in [-0.4, -0.2) is 35.1 Å². The molecular weight excluding hydrogens is 320 g/mol. The minimum Gasteiger partial charge on any atom is -0.497 e. The largest absolute Gasteiger partial charge is 0.497 e. The van der Waals surface area contributed by atoms with Crippen LogP contribution in [0.1, 0.15) is 10.4 Å². The first-order valence-electron chi connectivity index (χ1n) is 7.46. The summed E-state index contributed by atoms with van der Waals surface area (Å²) in [5.74, 6) is 0.865. The third kappa shape index (κ3) is 3.72. The van der Waals surface area contributed by atoms with Crippen LogP contribution in [0, 0.1) is 0 Å². The van der Waals surface area contributed by atoms with Crippen molar-refractivity contribution in [3.8, 4) is 22.8 Å². The summed E-state index contributed by atoms with van der Waals surface area (Å²) >= 11 is 0. The van der Waals surface area contributed by atoms with E-state index in [2.05, 4.69) is 20.3 Å². The number of nitrogens with zero attached hydrogens (tertiary/aromatic N) is 3. The van der Waals surface area contributed by atoms with E-state index in [1.165, 1.54) is 19.6 Å². The fraction of sp³-hybridized carbons (Fsp3) is 0.111. The van der Waals surface area contributed by atoms with Gasteiger partial charge in [-0.15, -0.1) is 0 Å². The first-order chi connectivity index (χ1) is 12.2. The summed E-state index contributed by atoms with van der Waals surface area (Å²) < 4.78 is 10.4. The molecule has 1 N–H and O–H groups in total. The zero-order valence-electron chi connectivity index (χ0n) is 13.8. The molecule has 0 saturated carbocycles. The van der Waals surface area contributed by atoms with Gasteiger partial charge in [0.25, 0.3) is 5.91 Å². The smallest absolute Gasteiger partial charge is 0.257 e. The van der Waals surface area contributed by atoms with Crippen LogP contribution < -0.4 is 14.8 Å². The third-order valence-electron chi connectivity index (χ3n) is 3.54. The second-order valence-corrected chi connectivity index (χ2v) is 5.08. The van der Waals surface area contributed by atoms with Crippen LogP contribution in [0.3, 0.4) is 0 Å². The number of nitrogens with one attached hydrogen (secondary N) is 1. The first-order valence-corrected chi connectivity index (χ1v) is 7.46. The predicted molar refractivity (Wildman–Crippen MR) is 92.8 cm³/mol. The summed E-state index contributed by atoms with van der Waals surface area (Å²) in [7, 11) is 3.10. The van der Waals surface area contributed by atoms with E-state index < -0.39 is 0 Å². The van der Waals surface area contributed by atoms with Crippen molar-refractivity contribution in [2.24, 2.45) is 0 Å². The van der Waals surface area contributed by atoms with E-state index in [0.717, 1.165) is 5.56 Å². The molecule has 2 aromatic heterocycles. The average Bonchev–Trinajstić information content (AvgIpc) is 2.68. The Bertz CT molecular complexity index is 867. The van der Waals surface area contributed by atoms with Crippen LogP contribution in [0.2, 0.25) is 0 Å². The van der Waals surface area contributed by atoms with Crippen LogP contribution >= 0.6 is 0 Å². The second-order valence-electron chi connectivity index (χ2n) is 5.08. The van der Waals surface area contributed by atoms with Crippen molar-refractivity contribution in [3.63, 3.8) is 0 Å². The normalized spacial score (nSPS) is 10.2. The molecule has 0 radical (unpaired) electrons. The summed E-state index contributed by atoms with van der Waals surface area (Å²) in [4.78, 5) is 24.7. The summed E-state index contributed by atoms with van der Waals surface area (Å²) in [5.41, 5.74) is 2.41. The molecule has 3 aromatic rings. The Morgan fingerprint density at radius 2 is 1.80 bits per heavy atom. The number of carbonyl (C=O) groups is 1. The van der Waals surface area contributed by atoms with Gasteiger partial charge in [-0.2, -0.15) is 0 Å². The molecule has 0 spiro atoms. The van der Waals surface area contributed by atoms with Crippen molar-refractivity contribution < 1.29 is 14.3 Å². The number of carbonyl (C=O) groups excluding carboxylic acids is 1. The highest BCUT2D eigenvalue weighted by atomic mass is 16.5. The van der Waals surface area contributed by atoms with Gasteiger partial charge in [0.05, 0.1) is 31.2 Å². The number of aromatic nitrogens is 3. The van der Waals surface area contributed by atoms with Crippen molar-refractivity contribution in [3.05, 3.63) is 60.8 Å². The SMILES string of the molecule is COc1ccc(OC)c(NC(=O)c2ccc(-c3cncnc3)nc2)c1. The van der Waals surface area contributed by atoms with Gasteiger partial charge in [0.15, 0.2) is 0 Å². The van der Waals surface area contributed by atoms with Crippen molar-refractivity contribution in [2.75, 3.05) is 19.5 Å². The monoisotopic (exact) mass is 336 g/mol. The fourth-order valence-electron chi connectivity index (χ4n) is 2.24. The molecule has 0 aliphatic carbocycles. The number of ether oxygens (including phenoxy) is 2. The van der Waals surface area contributed by atoms with Crippen LogP contribution in [0.5, 0.6) is 11.5 Å². The number of benzene rings is 1. The highest BCUT2D eigenvalue weighted by Crippen LogP contribution is 2.29. The Morgan fingerprint density at radius 1 is 1.00 bits per heavy atom. The minimum absolute atomic E-state index is 0.296. The van der Waals surface area contributed by atoms with Crippen molar-refractivity contribution in [1.29, 1.82) is 0 Å². The van der Waals surface area contributed by atoms with Crippen LogP contribution in [0.25, 0.3) is 11.3 Å². The van der Waals surface area contributed by atoms with Crippen LogP contribution in [0.15, 0.2) is 55.2 Å². The van der Waals surface area contributed by atoms with E-state index >= 15 is 0 Å². The molecule has 0 atom stereocenters. The Balaban J connectivity index is 1.80. The van der Waals surface area contributed by atoms with Gasteiger partial charge in [-0.1, -0.05) is 0 Å². The third-order valence-corrected chi connectivity index (χ3v) is 3.54. The molecule has 1 amide bonds. The van der Waals surface area contributed by atoms with E-state index in [1.54, 1.807) is 49.8 Å². The van der Waals surface area contributed by atoms with Gasteiger partial charge in [0.1, 0.15) is 17.8 Å². The van der Waals surface area contributed by atoms with Gasteiger partial charge in [0, 0.05) is 30.2 Å². The van der Waals surface area contributed by atoms with Crippen molar-refractivity contribution in [2.45, 2.75) is 0 Å². The van der Waals surface area contributed by atoms with Gasteiger partial charge in [-0.25, -0.2) is 9.97 Å². The van der Waals surface area contributed by atoms with Crippen molar-refractivity contribution in [1.82, 2.24) is 15.0 Å². The predicted octanol–water partition coefficient (Wildman–Crippen LogP) is 2.81. The average molecular weight is 336 g/mol. The van der Waals surface area contributed by atoms with Gasteiger partial charge < -0.3 is 14.8 Å². The highest BCUT2D eigenvalue weighted by Gasteiger charge is 2.12. The van der Waals surface area contributed by atoms with Gasteiger partial charge in [0.2, 0.25) is 0 Å². The molecular formula is C18H16N4O3. The lowest BCUT2D eigenvalue weighted by atomic mass is 10.2. The molecule has 7 nitrogen and oxygen atoms in total. The Kier molecular flexibility index (Phi) is 4.84. The number of methoxy groups -OCH3 is 2.